The zero-order valence-electron chi connectivity index (χ0n) is 17.5. The van der Waals surface area contributed by atoms with Gasteiger partial charge in [-0.1, -0.05) is 48.5 Å². The van der Waals surface area contributed by atoms with Gasteiger partial charge < -0.3 is 10.2 Å². The van der Waals surface area contributed by atoms with Gasteiger partial charge in [0, 0.05) is 28.2 Å². The number of nitrogens with zero attached hydrogens (tertiary/aromatic N) is 1. The van der Waals surface area contributed by atoms with Crippen molar-refractivity contribution < 1.29 is 9.59 Å². The highest BCUT2D eigenvalue weighted by molar-refractivity contribution is 7.10. The maximum atomic E-state index is 13.5. The number of carbonyl (C=O) groups excluding carboxylic acids is 2. The summed E-state index contributed by atoms with van der Waals surface area (Å²) in [6, 6.07) is 27.4. The molecule has 0 saturated carbocycles. The van der Waals surface area contributed by atoms with E-state index in [4.69, 9.17) is 0 Å². The second kappa shape index (κ2) is 8.81. The molecule has 1 aliphatic heterocycles. The molecule has 0 aliphatic carbocycles. The third kappa shape index (κ3) is 4.07. The lowest BCUT2D eigenvalue weighted by Crippen LogP contribution is -2.32. The molecule has 5 heteroatoms. The van der Waals surface area contributed by atoms with E-state index in [1.54, 1.807) is 35.6 Å². The van der Waals surface area contributed by atoms with Gasteiger partial charge in [-0.25, -0.2) is 0 Å². The number of carbonyl (C=O) groups is 2. The minimum Gasteiger partial charge on any atom is -0.326 e. The number of para-hydroxylation sites is 1. The Morgan fingerprint density at radius 3 is 2.38 bits per heavy atom. The molecule has 2 amide bonds. The summed E-state index contributed by atoms with van der Waals surface area (Å²) < 4.78 is 0. The van der Waals surface area contributed by atoms with Gasteiger partial charge in [0.1, 0.15) is 0 Å². The van der Waals surface area contributed by atoms with E-state index in [1.165, 1.54) is 11.1 Å². The first kappa shape index (κ1) is 20.2. The normalized spacial score (nSPS) is 12.4. The summed E-state index contributed by atoms with van der Waals surface area (Å²) in [7, 11) is 0. The number of hydrogen-bond acceptors (Lipinski definition) is 3. The van der Waals surface area contributed by atoms with Crippen molar-refractivity contribution in [3.05, 3.63) is 106 Å². The molecule has 0 unspecified atom stereocenters. The van der Waals surface area contributed by atoms with Gasteiger partial charge in [-0.2, -0.15) is 0 Å². The minimum absolute atomic E-state index is 0.0401. The van der Waals surface area contributed by atoms with Crippen LogP contribution in [-0.4, -0.2) is 18.4 Å². The predicted octanol–water partition coefficient (Wildman–Crippen LogP) is 5.80. The van der Waals surface area contributed by atoms with Crippen LogP contribution in [0.15, 0.2) is 90.3 Å². The van der Waals surface area contributed by atoms with Gasteiger partial charge in [-0.15, -0.1) is 11.3 Å². The lowest BCUT2D eigenvalue weighted by molar-refractivity contribution is -0.115. The Morgan fingerprint density at radius 1 is 0.844 bits per heavy atom. The fourth-order valence-corrected chi connectivity index (χ4v) is 4.83. The molecular formula is C27H22N2O2S. The largest absolute Gasteiger partial charge is 0.326 e. The van der Waals surface area contributed by atoms with E-state index in [2.05, 4.69) is 23.5 Å². The molecule has 0 radical (unpaired) electrons. The standard InChI is InChI=1S/C27H22N2O2S/c30-26(18-22-7-5-17-32-22)28-21-13-11-20(12-14-21)27(31)29-16-15-19-6-1-2-8-23(19)24-9-3-4-10-25(24)29/h1-14,17H,15-16,18H2,(H,28,30). The van der Waals surface area contributed by atoms with Crippen molar-refractivity contribution in [1.82, 2.24) is 0 Å². The number of benzene rings is 3. The highest BCUT2D eigenvalue weighted by atomic mass is 32.1. The minimum atomic E-state index is -0.0641. The predicted molar refractivity (Wildman–Crippen MR) is 130 cm³/mol. The van der Waals surface area contributed by atoms with E-state index < -0.39 is 0 Å². The van der Waals surface area contributed by atoms with Crippen molar-refractivity contribution in [2.45, 2.75) is 12.8 Å². The maximum absolute atomic E-state index is 13.5. The quantitative estimate of drug-likeness (QED) is 0.438. The molecular weight excluding hydrogens is 416 g/mol. The summed E-state index contributed by atoms with van der Waals surface area (Å²) in [5.74, 6) is -0.104. The summed E-state index contributed by atoms with van der Waals surface area (Å²) in [6.45, 7) is 0.617. The topological polar surface area (TPSA) is 49.4 Å². The smallest absolute Gasteiger partial charge is 0.258 e. The van der Waals surface area contributed by atoms with Gasteiger partial charge in [0.15, 0.2) is 0 Å². The van der Waals surface area contributed by atoms with Crippen molar-refractivity contribution in [3.8, 4) is 11.1 Å². The van der Waals surface area contributed by atoms with E-state index >= 15 is 0 Å². The Labute approximate surface area is 191 Å². The number of amides is 2. The SMILES string of the molecule is O=C(Cc1cccs1)Nc1ccc(C(=O)N2CCc3ccccc3-c3ccccc32)cc1. The van der Waals surface area contributed by atoms with Crippen LogP contribution in [0.5, 0.6) is 0 Å². The van der Waals surface area contributed by atoms with E-state index in [1.807, 2.05) is 52.7 Å². The van der Waals surface area contributed by atoms with Crippen molar-refractivity contribution in [1.29, 1.82) is 0 Å². The van der Waals surface area contributed by atoms with Crippen molar-refractivity contribution in [2.75, 3.05) is 16.8 Å². The molecule has 4 nitrogen and oxygen atoms in total. The third-order valence-electron chi connectivity index (χ3n) is 5.68. The number of hydrogen-bond donors (Lipinski definition) is 1. The molecule has 158 valence electrons. The van der Waals surface area contributed by atoms with Crippen molar-refractivity contribution >= 4 is 34.5 Å². The second-order valence-electron chi connectivity index (χ2n) is 7.76. The van der Waals surface area contributed by atoms with Gasteiger partial charge in [0.05, 0.1) is 12.1 Å². The number of fused-ring (bicyclic) bond motifs is 3. The van der Waals surface area contributed by atoms with Crippen LogP contribution in [0.25, 0.3) is 11.1 Å². The Hall–Kier alpha value is -3.70. The van der Waals surface area contributed by atoms with Gasteiger partial charge in [0.25, 0.3) is 5.91 Å². The number of anilines is 2. The first-order chi connectivity index (χ1) is 15.7. The monoisotopic (exact) mass is 438 g/mol. The number of thiophene rings is 1. The highest BCUT2D eigenvalue weighted by Crippen LogP contribution is 2.36. The molecule has 3 aromatic carbocycles. The second-order valence-corrected chi connectivity index (χ2v) is 8.79. The van der Waals surface area contributed by atoms with Crippen LogP contribution in [-0.2, 0) is 17.6 Å². The van der Waals surface area contributed by atoms with E-state index in [0.29, 0.717) is 24.2 Å². The fourth-order valence-electron chi connectivity index (χ4n) is 4.13. The molecule has 0 bridgehead atoms. The molecule has 2 heterocycles. The summed E-state index contributed by atoms with van der Waals surface area (Å²) >= 11 is 1.56. The van der Waals surface area contributed by atoms with Crippen LogP contribution < -0.4 is 10.2 Å². The van der Waals surface area contributed by atoms with Crippen molar-refractivity contribution in [2.24, 2.45) is 0 Å². The van der Waals surface area contributed by atoms with Crippen LogP contribution in [0, 0.1) is 0 Å². The van der Waals surface area contributed by atoms with E-state index in [9.17, 15) is 9.59 Å². The van der Waals surface area contributed by atoms with Gasteiger partial charge in [-0.05, 0) is 59.3 Å². The first-order valence-electron chi connectivity index (χ1n) is 10.6. The van der Waals surface area contributed by atoms with E-state index in [-0.39, 0.29) is 11.8 Å². The van der Waals surface area contributed by atoms with Crippen LogP contribution in [0.3, 0.4) is 0 Å². The van der Waals surface area contributed by atoms with Crippen molar-refractivity contribution in [3.63, 3.8) is 0 Å². The summed E-state index contributed by atoms with van der Waals surface area (Å²) in [5, 5.41) is 4.87. The lowest BCUT2D eigenvalue weighted by atomic mass is 9.98. The fraction of sp³-hybridized carbons (Fsp3) is 0.111. The number of rotatable bonds is 4. The average molecular weight is 439 g/mol. The molecule has 0 atom stereocenters. The van der Waals surface area contributed by atoms with Crippen LogP contribution in [0.4, 0.5) is 11.4 Å². The molecule has 5 rings (SSSR count). The van der Waals surface area contributed by atoms with Crippen LogP contribution >= 0.6 is 11.3 Å². The van der Waals surface area contributed by atoms with Gasteiger partial charge in [-0.3, -0.25) is 9.59 Å². The molecule has 0 fully saturated rings. The average Bonchev–Trinajstić information content (AvgIpc) is 3.27. The van der Waals surface area contributed by atoms with Gasteiger partial charge in [0.2, 0.25) is 5.91 Å². The molecule has 32 heavy (non-hydrogen) atoms. The Kier molecular flexibility index (Phi) is 5.57. The Morgan fingerprint density at radius 2 is 1.59 bits per heavy atom. The van der Waals surface area contributed by atoms with Crippen LogP contribution in [0.1, 0.15) is 20.8 Å². The molecule has 0 spiro atoms. The van der Waals surface area contributed by atoms with Gasteiger partial charge >= 0.3 is 0 Å². The third-order valence-corrected chi connectivity index (χ3v) is 6.56. The zero-order chi connectivity index (χ0) is 21.9. The van der Waals surface area contributed by atoms with Crippen LogP contribution in [0.2, 0.25) is 0 Å². The summed E-state index contributed by atoms with van der Waals surface area (Å²) in [6.07, 6.45) is 1.15. The molecule has 1 aliphatic rings. The number of nitrogens with one attached hydrogen (secondary N) is 1. The zero-order valence-corrected chi connectivity index (χ0v) is 18.3. The highest BCUT2D eigenvalue weighted by Gasteiger charge is 2.24. The summed E-state index contributed by atoms with van der Waals surface area (Å²) in [4.78, 5) is 28.6. The molecule has 1 aromatic heterocycles. The summed E-state index contributed by atoms with van der Waals surface area (Å²) in [5.41, 5.74) is 5.72. The molecule has 1 N–H and O–H groups in total. The Balaban J connectivity index is 1.36. The van der Waals surface area contributed by atoms with E-state index in [0.717, 1.165) is 22.5 Å². The maximum Gasteiger partial charge on any atom is 0.258 e. The first-order valence-corrected chi connectivity index (χ1v) is 11.5. The Bertz CT molecular complexity index is 1260. The molecule has 4 aromatic rings. The lowest BCUT2D eigenvalue weighted by Gasteiger charge is -2.23. The molecule has 0 saturated heterocycles.